The van der Waals surface area contributed by atoms with Crippen LogP contribution in [0.1, 0.15) is 40.8 Å². The molecule has 2 N–H and O–H groups in total. The van der Waals surface area contributed by atoms with Gasteiger partial charge < -0.3 is 0 Å². The van der Waals surface area contributed by atoms with Gasteiger partial charge in [-0.3, -0.25) is 9.89 Å². The van der Waals surface area contributed by atoms with E-state index in [-0.39, 0.29) is 5.91 Å². The maximum atomic E-state index is 11.7. The molecule has 2 aromatic heterocycles. The maximum Gasteiger partial charge on any atom is 0.291 e. The van der Waals surface area contributed by atoms with Gasteiger partial charge in [0.15, 0.2) is 5.69 Å². The van der Waals surface area contributed by atoms with E-state index in [1.54, 1.807) is 23.6 Å². The van der Waals surface area contributed by atoms with Crippen LogP contribution in [0.3, 0.4) is 0 Å². The number of carbonyl (C=O) groups excluding carboxylic acids is 1. The smallest absolute Gasteiger partial charge is 0.282 e. The zero-order valence-electron chi connectivity index (χ0n) is 10.2. The molecular weight excluding hydrogens is 248 g/mol. The molecule has 2 aromatic rings. The Morgan fingerprint density at radius 1 is 1.61 bits per heavy atom. The first kappa shape index (κ1) is 12.5. The Kier molecular flexibility index (Phi) is 3.88. The summed E-state index contributed by atoms with van der Waals surface area (Å²) < 4.78 is 0. The van der Waals surface area contributed by atoms with Gasteiger partial charge in [0.1, 0.15) is 0 Å². The van der Waals surface area contributed by atoms with E-state index in [1.807, 2.05) is 31.4 Å². The van der Waals surface area contributed by atoms with Crippen LogP contribution in [-0.2, 0) is 0 Å². The number of amides is 1. The van der Waals surface area contributed by atoms with Crippen LogP contribution in [0.5, 0.6) is 0 Å². The van der Waals surface area contributed by atoms with Gasteiger partial charge >= 0.3 is 0 Å². The lowest BCUT2D eigenvalue weighted by atomic mass is 10.1. The van der Waals surface area contributed by atoms with Gasteiger partial charge in [0, 0.05) is 10.6 Å². The minimum Gasteiger partial charge on any atom is -0.282 e. The molecule has 0 unspecified atom stereocenters. The SMILES string of the molecule is CC(C)c1cc(C(=O)N/N=C/c2cccs2)n[nH]1. The molecule has 0 atom stereocenters. The van der Waals surface area contributed by atoms with Crippen molar-refractivity contribution >= 4 is 23.5 Å². The highest BCUT2D eigenvalue weighted by molar-refractivity contribution is 7.11. The number of nitrogens with one attached hydrogen (secondary N) is 2. The molecule has 0 bridgehead atoms. The Morgan fingerprint density at radius 2 is 2.44 bits per heavy atom. The molecule has 2 rings (SSSR count). The fraction of sp³-hybridized carbons (Fsp3) is 0.250. The fourth-order valence-electron chi connectivity index (χ4n) is 1.33. The minimum absolute atomic E-state index is 0.314. The molecule has 6 heteroatoms. The molecule has 18 heavy (non-hydrogen) atoms. The Bertz CT molecular complexity index is 542. The number of hydrogen-bond acceptors (Lipinski definition) is 4. The summed E-state index contributed by atoms with van der Waals surface area (Å²) in [6.07, 6.45) is 1.61. The molecule has 5 nitrogen and oxygen atoms in total. The monoisotopic (exact) mass is 262 g/mol. The molecule has 0 spiro atoms. The van der Waals surface area contributed by atoms with Crippen molar-refractivity contribution in [2.75, 3.05) is 0 Å². The largest absolute Gasteiger partial charge is 0.291 e. The highest BCUT2D eigenvalue weighted by Gasteiger charge is 2.10. The average Bonchev–Trinajstić information content (AvgIpc) is 2.99. The summed E-state index contributed by atoms with van der Waals surface area (Å²) in [6.45, 7) is 4.06. The molecule has 1 amide bonds. The van der Waals surface area contributed by atoms with E-state index in [0.717, 1.165) is 10.6 Å². The van der Waals surface area contributed by atoms with E-state index in [1.165, 1.54) is 0 Å². The third-order valence-corrected chi connectivity index (χ3v) is 3.16. The van der Waals surface area contributed by atoms with Crippen molar-refractivity contribution in [3.8, 4) is 0 Å². The molecule has 0 aliphatic heterocycles. The van der Waals surface area contributed by atoms with Crippen molar-refractivity contribution in [3.05, 3.63) is 39.8 Å². The first-order valence-electron chi connectivity index (χ1n) is 5.59. The van der Waals surface area contributed by atoms with Gasteiger partial charge in [-0.2, -0.15) is 10.2 Å². The first-order valence-corrected chi connectivity index (χ1v) is 6.47. The van der Waals surface area contributed by atoms with Crippen LogP contribution < -0.4 is 5.43 Å². The van der Waals surface area contributed by atoms with Crippen LogP contribution in [0.2, 0.25) is 0 Å². The van der Waals surface area contributed by atoms with Gasteiger partial charge in [-0.05, 0) is 23.4 Å². The lowest BCUT2D eigenvalue weighted by molar-refractivity contribution is 0.0950. The predicted molar refractivity (Wildman–Crippen MR) is 72.1 cm³/mol. The molecule has 0 fully saturated rings. The Hall–Kier alpha value is -1.95. The van der Waals surface area contributed by atoms with E-state index in [0.29, 0.717) is 11.6 Å². The summed E-state index contributed by atoms with van der Waals surface area (Å²) in [5.41, 5.74) is 3.73. The topological polar surface area (TPSA) is 70.1 Å². The molecule has 0 radical (unpaired) electrons. The lowest BCUT2D eigenvalue weighted by Gasteiger charge is -1.96. The van der Waals surface area contributed by atoms with Crippen LogP contribution in [0.25, 0.3) is 0 Å². The van der Waals surface area contributed by atoms with Crippen molar-refractivity contribution in [1.29, 1.82) is 0 Å². The summed E-state index contributed by atoms with van der Waals surface area (Å²) in [5.74, 6) is -0.000346. The van der Waals surface area contributed by atoms with Crippen molar-refractivity contribution in [2.45, 2.75) is 19.8 Å². The zero-order chi connectivity index (χ0) is 13.0. The number of H-pyrrole nitrogens is 1. The van der Waals surface area contributed by atoms with Gasteiger partial charge in [-0.1, -0.05) is 19.9 Å². The molecule has 0 aliphatic carbocycles. The van der Waals surface area contributed by atoms with E-state index in [2.05, 4.69) is 20.7 Å². The van der Waals surface area contributed by atoms with Crippen LogP contribution in [0.15, 0.2) is 28.7 Å². The molecule has 0 saturated carbocycles. The second-order valence-corrected chi connectivity index (χ2v) is 5.06. The van der Waals surface area contributed by atoms with Crippen LogP contribution in [0.4, 0.5) is 0 Å². The van der Waals surface area contributed by atoms with Crippen molar-refractivity contribution in [2.24, 2.45) is 5.10 Å². The Morgan fingerprint density at radius 3 is 3.06 bits per heavy atom. The number of carbonyl (C=O) groups is 1. The van der Waals surface area contributed by atoms with Crippen molar-refractivity contribution < 1.29 is 4.79 Å². The summed E-state index contributed by atoms with van der Waals surface area (Å²) in [7, 11) is 0. The number of aromatic amines is 1. The van der Waals surface area contributed by atoms with Gasteiger partial charge in [0.05, 0.1) is 6.21 Å². The summed E-state index contributed by atoms with van der Waals surface area (Å²) in [4.78, 5) is 12.7. The number of nitrogens with zero attached hydrogens (tertiary/aromatic N) is 2. The molecule has 0 saturated heterocycles. The van der Waals surface area contributed by atoms with Crippen molar-refractivity contribution in [1.82, 2.24) is 15.6 Å². The second-order valence-electron chi connectivity index (χ2n) is 4.08. The predicted octanol–water partition coefficient (Wildman–Crippen LogP) is 2.36. The second kappa shape index (κ2) is 5.59. The van der Waals surface area contributed by atoms with Gasteiger partial charge in [0.25, 0.3) is 5.91 Å². The normalized spacial score (nSPS) is 11.3. The fourth-order valence-corrected chi connectivity index (χ4v) is 1.91. The number of rotatable bonds is 4. The summed E-state index contributed by atoms with van der Waals surface area (Å²) in [6, 6.07) is 5.59. The highest BCUT2D eigenvalue weighted by Crippen LogP contribution is 2.11. The number of hydrogen-bond donors (Lipinski definition) is 2. The number of aromatic nitrogens is 2. The molecular formula is C12H14N4OS. The van der Waals surface area contributed by atoms with Gasteiger partial charge in [0.2, 0.25) is 0 Å². The molecule has 94 valence electrons. The lowest BCUT2D eigenvalue weighted by Crippen LogP contribution is -2.17. The third-order valence-electron chi connectivity index (χ3n) is 2.35. The van der Waals surface area contributed by atoms with E-state index < -0.39 is 0 Å². The van der Waals surface area contributed by atoms with E-state index in [9.17, 15) is 4.79 Å². The number of thiophene rings is 1. The van der Waals surface area contributed by atoms with Crippen LogP contribution in [0, 0.1) is 0 Å². The Labute approximate surface area is 109 Å². The average molecular weight is 262 g/mol. The number of hydrazone groups is 1. The maximum absolute atomic E-state index is 11.7. The van der Waals surface area contributed by atoms with Crippen molar-refractivity contribution in [3.63, 3.8) is 0 Å². The third kappa shape index (κ3) is 3.04. The van der Waals surface area contributed by atoms with E-state index in [4.69, 9.17) is 0 Å². The summed E-state index contributed by atoms with van der Waals surface area (Å²) in [5, 5.41) is 12.6. The van der Waals surface area contributed by atoms with Gasteiger partial charge in [-0.25, -0.2) is 5.43 Å². The molecule has 0 aliphatic rings. The summed E-state index contributed by atoms with van der Waals surface area (Å²) >= 11 is 1.56. The highest BCUT2D eigenvalue weighted by atomic mass is 32.1. The van der Waals surface area contributed by atoms with E-state index >= 15 is 0 Å². The van der Waals surface area contributed by atoms with Crippen LogP contribution >= 0.6 is 11.3 Å². The van der Waals surface area contributed by atoms with Gasteiger partial charge in [-0.15, -0.1) is 11.3 Å². The molecule has 2 heterocycles. The minimum atomic E-state index is -0.314. The first-order chi connectivity index (χ1) is 8.66. The quantitative estimate of drug-likeness (QED) is 0.656. The van der Waals surface area contributed by atoms with Crippen LogP contribution in [-0.4, -0.2) is 22.3 Å². The Balaban J connectivity index is 1.95. The molecule has 0 aromatic carbocycles. The zero-order valence-corrected chi connectivity index (χ0v) is 11.0. The standard InChI is InChI=1S/C12H14N4OS/c1-8(2)10-6-11(15-14-10)12(17)16-13-7-9-4-3-5-18-9/h3-8H,1-2H3,(H,14,15)(H,16,17)/b13-7+.